The van der Waals surface area contributed by atoms with E-state index in [1.165, 1.54) is 6.07 Å². The summed E-state index contributed by atoms with van der Waals surface area (Å²) in [4.78, 5) is 6.82. The van der Waals surface area contributed by atoms with Crippen LogP contribution in [0, 0.1) is 5.82 Å². The molecule has 4 rings (SSSR count). The number of rotatable bonds is 5. The van der Waals surface area contributed by atoms with Crippen molar-refractivity contribution in [1.29, 1.82) is 0 Å². The van der Waals surface area contributed by atoms with Crippen LogP contribution in [0.2, 0.25) is 0 Å². The van der Waals surface area contributed by atoms with Crippen molar-refractivity contribution in [2.24, 2.45) is 5.73 Å². The first kappa shape index (κ1) is 16.6. The van der Waals surface area contributed by atoms with Crippen molar-refractivity contribution in [2.75, 3.05) is 30.3 Å². The molecule has 1 fully saturated rings. The fraction of sp³-hybridized carbons (Fsp3) is 0.333. The van der Waals surface area contributed by atoms with Crippen molar-refractivity contribution in [2.45, 2.75) is 18.9 Å². The average molecular weight is 356 g/mol. The average Bonchev–Trinajstić information content (AvgIpc) is 3.27. The number of fused-ring (bicyclic) bond motifs is 1. The number of ether oxygens (including phenoxy) is 1. The van der Waals surface area contributed by atoms with E-state index in [2.05, 4.69) is 15.0 Å². The number of hydrogen-bond acceptors (Lipinski definition) is 6. The molecule has 1 atom stereocenters. The number of hydrogen-bond donors (Lipinski definition) is 2. The van der Waals surface area contributed by atoms with E-state index in [1.807, 2.05) is 12.3 Å². The molecule has 8 heteroatoms. The predicted octanol–water partition coefficient (Wildman–Crippen LogP) is 2.13. The van der Waals surface area contributed by atoms with Gasteiger partial charge in [0.25, 0.3) is 0 Å². The highest BCUT2D eigenvalue weighted by Crippen LogP contribution is 2.39. The van der Waals surface area contributed by atoms with Crippen LogP contribution in [0.4, 0.5) is 15.9 Å². The smallest absolute Gasteiger partial charge is 0.180 e. The summed E-state index contributed by atoms with van der Waals surface area (Å²) in [7, 11) is 0. The summed E-state index contributed by atoms with van der Waals surface area (Å²) in [5.74, 6) is 1.18. The predicted molar refractivity (Wildman–Crippen MR) is 97.7 cm³/mol. The van der Waals surface area contributed by atoms with Crippen LogP contribution >= 0.6 is 0 Å². The Balaban J connectivity index is 1.72. The molecule has 1 aromatic carbocycles. The minimum atomic E-state index is -0.282. The van der Waals surface area contributed by atoms with Crippen molar-refractivity contribution in [3.05, 3.63) is 48.0 Å². The molecule has 3 heterocycles. The Morgan fingerprint density at radius 2 is 2.19 bits per heavy atom. The standard InChI is InChI=1S/C18H21FN6O/c19-12-3-4-16(26-9-6-20)13(10-12)15-2-1-7-24(15)17-5-8-25-18(23-17)14(21)11-22-25/h3-5,8,10-11,15H,1-2,6-7,9,20-21H2/t15-/m1/s1. The molecule has 4 N–H and O–H groups in total. The maximum absolute atomic E-state index is 13.9. The van der Waals surface area contributed by atoms with E-state index in [1.54, 1.807) is 22.8 Å². The Labute approximate surface area is 150 Å². The third-order valence-electron chi connectivity index (χ3n) is 4.64. The maximum Gasteiger partial charge on any atom is 0.180 e. The van der Waals surface area contributed by atoms with Gasteiger partial charge in [-0.3, -0.25) is 0 Å². The highest BCUT2D eigenvalue weighted by molar-refractivity contribution is 5.65. The number of nitrogens with zero attached hydrogens (tertiary/aromatic N) is 4. The van der Waals surface area contributed by atoms with Crippen LogP contribution in [0.5, 0.6) is 5.75 Å². The van der Waals surface area contributed by atoms with Gasteiger partial charge in [-0.15, -0.1) is 0 Å². The second kappa shape index (κ2) is 6.80. The molecule has 0 aliphatic carbocycles. The summed E-state index contributed by atoms with van der Waals surface area (Å²) in [6.07, 6.45) is 5.29. The first-order valence-corrected chi connectivity index (χ1v) is 8.66. The monoisotopic (exact) mass is 356 g/mol. The normalized spacial score (nSPS) is 17.2. The van der Waals surface area contributed by atoms with Crippen molar-refractivity contribution < 1.29 is 9.13 Å². The Morgan fingerprint density at radius 1 is 1.31 bits per heavy atom. The van der Waals surface area contributed by atoms with E-state index in [-0.39, 0.29) is 11.9 Å². The highest BCUT2D eigenvalue weighted by atomic mass is 19.1. The molecule has 7 nitrogen and oxygen atoms in total. The number of benzene rings is 1. The first-order chi connectivity index (χ1) is 12.7. The Kier molecular flexibility index (Phi) is 4.34. The lowest BCUT2D eigenvalue weighted by molar-refractivity contribution is 0.322. The minimum Gasteiger partial charge on any atom is -0.492 e. The van der Waals surface area contributed by atoms with Gasteiger partial charge in [-0.05, 0) is 37.1 Å². The molecular formula is C18H21FN6O. The van der Waals surface area contributed by atoms with E-state index in [9.17, 15) is 4.39 Å². The molecule has 2 aromatic heterocycles. The Hall–Kier alpha value is -2.87. The number of anilines is 2. The number of halogens is 1. The second-order valence-corrected chi connectivity index (χ2v) is 6.32. The highest BCUT2D eigenvalue weighted by Gasteiger charge is 2.30. The summed E-state index contributed by atoms with van der Waals surface area (Å²) in [6, 6.07) is 6.50. The number of nitrogens with two attached hydrogens (primary N) is 2. The third-order valence-corrected chi connectivity index (χ3v) is 4.64. The van der Waals surface area contributed by atoms with Crippen LogP contribution in [0.25, 0.3) is 5.65 Å². The van der Waals surface area contributed by atoms with Crippen LogP contribution in [-0.4, -0.2) is 34.3 Å². The molecule has 0 amide bonds. The number of aromatic nitrogens is 3. The van der Waals surface area contributed by atoms with Gasteiger partial charge in [-0.25, -0.2) is 13.9 Å². The molecule has 0 saturated carbocycles. The summed E-state index contributed by atoms with van der Waals surface area (Å²) in [5.41, 5.74) is 13.5. The lowest BCUT2D eigenvalue weighted by atomic mass is 10.0. The van der Waals surface area contributed by atoms with Crippen molar-refractivity contribution in [3.8, 4) is 5.75 Å². The summed E-state index contributed by atoms with van der Waals surface area (Å²) < 4.78 is 21.3. The van der Waals surface area contributed by atoms with Gasteiger partial charge in [0.2, 0.25) is 0 Å². The minimum absolute atomic E-state index is 0.0161. The van der Waals surface area contributed by atoms with Gasteiger partial charge in [0.1, 0.15) is 24.0 Å². The SMILES string of the molecule is NCCOc1ccc(F)cc1[C@H]1CCCN1c1ccn2ncc(N)c2n1. The van der Waals surface area contributed by atoms with Gasteiger partial charge in [0, 0.05) is 24.8 Å². The molecule has 1 saturated heterocycles. The van der Waals surface area contributed by atoms with Gasteiger partial charge >= 0.3 is 0 Å². The quantitative estimate of drug-likeness (QED) is 0.727. The van der Waals surface area contributed by atoms with Gasteiger partial charge in [-0.1, -0.05) is 0 Å². The molecule has 0 radical (unpaired) electrons. The zero-order valence-electron chi connectivity index (χ0n) is 14.3. The van der Waals surface area contributed by atoms with E-state index >= 15 is 0 Å². The summed E-state index contributed by atoms with van der Waals surface area (Å²) in [6.45, 7) is 1.63. The number of nitrogen functional groups attached to an aromatic ring is 1. The Bertz CT molecular complexity index is 927. The largest absolute Gasteiger partial charge is 0.492 e. The molecule has 26 heavy (non-hydrogen) atoms. The maximum atomic E-state index is 13.9. The molecule has 1 aliphatic rings. The molecule has 3 aromatic rings. The Morgan fingerprint density at radius 3 is 3.04 bits per heavy atom. The van der Waals surface area contributed by atoms with Gasteiger partial charge in [-0.2, -0.15) is 5.10 Å². The fourth-order valence-corrected chi connectivity index (χ4v) is 3.48. The van der Waals surface area contributed by atoms with Gasteiger partial charge in [0.05, 0.1) is 17.9 Å². The van der Waals surface area contributed by atoms with E-state index in [4.69, 9.17) is 16.2 Å². The summed E-state index contributed by atoms with van der Waals surface area (Å²) in [5, 5.41) is 4.15. The second-order valence-electron chi connectivity index (χ2n) is 6.32. The van der Waals surface area contributed by atoms with Crippen LogP contribution in [0.1, 0.15) is 24.4 Å². The van der Waals surface area contributed by atoms with Crippen molar-refractivity contribution in [3.63, 3.8) is 0 Å². The molecule has 136 valence electrons. The van der Waals surface area contributed by atoms with Crippen molar-refractivity contribution >= 4 is 17.2 Å². The lowest BCUT2D eigenvalue weighted by Crippen LogP contribution is -2.24. The van der Waals surface area contributed by atoms with Crippen molar-refractivity contribution in [1.82, 2.24) is 14.6 Å². The molecule has 0 spiro atoms. The molecule has 0 unspecified atom stereocenters. The summed E-state index contributed by atoms with van der Waals surface area (Å²) >= 11 is 0. The molecule has 1 aliphatic heterocycles. The van der Waals surface area contributed by atoms with E-state index in [0.717, 1.165) is 30.8 Å². The van der Waals surface area contributed by atoms with Crippen LogP contribution in [0.15, 0.2) is 36.7 Å². The molecular weight excluding hydrogens is 335 g/mol. The zero-order chi connectivity index (χ0) is 18.1. The van der Waals surface area contributed by atoms with E-state index < -0.39 is 0 Å². The topological polar surface area (TPSA) is 94.7 Å². The lowest BCUT2D eigenvalue weighted by Gasteiger charge is -2.27. The van der Waals surface area contributed by atoms with Gasteiger partial charge in [0.15, 0.2) is 5.65 Å². The fourth-order valence-electron chi connectivity index (χ4n) is 3.48. The van der Waals surface area contributed by atoms with Crippen LogP contribution in [0.3, 0.4) is 0 Å². The first-order valence-electron chi connectivity index (χ1n) is 8.66. The van der Waals surface area contributed by atoms with E-state index in [0.29, 0.717) is 30.2 Å². The third kappa shape index (κ3) is 2.92. The van der Waals surface area contributed by atoms with Gasteiger partial charge < -0.3 is 21.1 Å². The van der Waals surface area contributed by atoms with Crippen LogP contribution < -0.4 is 21.1 Å². The zero-order valence-corrected chi connectivity index (χ0v) is 14.3. The van der Waals surface area contributed by atoms with Crippen LogP contribution in [-0.2, 0) is 0 Å². The molecule has 0 bridgehead atoms.